The van der Waals surface area contributed by atoms with E-state index < -0.39 is 0 Å². The number of nitrogen functional groups attached to an aromatic ring is 1. The lowest BCUT2D eigenvalue weighted by Gasteiger charge is -2.13. The number of halogens is 1. The molecule has 0 atom stereocenters. The molecule has 0 aliphatic rings. The zero-order chi connectivity index (χ0) is 14.9. The van der Waals surface area contributed by atoms with Crippen LogP contribution in [0.1, 0.15) is 27.0 Å². The fraction of sp³-hybridized carbons (Fsp3) is 0.188. The zero-order valence-electron chi connectivity index (χ0n) is 11.7. The topological polar surface area (TPSA) is 52.3 Å². The molecule has 2 aromatic rings. The molecule has 2 rings (SSSR count). The maximum absolute atomic E-state index is 12.8. The summed E-state index contributed by atoms with van der Waals surface area (Å²) in [4.78, 5) is 12.8. The lowest BCUT2D eigenvalue weighted by atomic mass is 9.96. The van der Waals surface area contributed by atoms with Crippen molar-refractivity contribution >= 4 is 27.4 Å². The summed E-state index contributed by atoms with van der Waals surface area (Å²) < 4.78 is 6.24. The second kappa shape index (κ2) is 5.67. The van der Waals surface area contributed by atoms with Crippen molar-refractivity contribution in [3.63, 3.8) is 0 Å². The van der Waals surface area contributed by atoms with Crippen molar-refractivity contribution in [3.05, 3.63) is 57.1 Å². The Morgan fingerprint density at radius 2 is 1.90 bits per heavy atom. The number of anilines is 1. The molecular weight excluding hydrogens is 318 g/mol. The van der Waals surface area contributed by atoms with Crippen LogP contribution in [0.3, 0.4) is 0 Å². The number of ketones is 1. The Hall–Kier alpha value is -1.81. The van der Waals surface area contributed by atoms with Crippen molar-refractivity contribution in [1.82, 2.24) is 0 Å². The van der Waals surface area contributed by atoms with Gasteiger partial charge < -0.3 is 10.5 Å². The second-order valence-corrected chi connectivity index (χ2v) is 5.52. The van der Waals surface area contributed by atoms with Crippen LogP contribution in [0.25, 0.3) is 0 Å². The van der Waals surface area contributed by atoms with Crippen LogP contribution in [0, 0.1) is 13.8 Å². The van der Waals surface area contributed by atoms with Crippen molar-refractivity contribution in [3.8, 4) is 5.75 Å². The number of ether oxygens (including phenoxy) is 1. The SMILES string of the molecule is COc1cccc(N)c1C(=O)c1cc(C)c(Br)cc1C. The number of hydrogen-bond acceptors (Lipinski definition) is 3. The number of nitrogens with two attached hydrogens (primary N) is 1. The quantitative estimate of drug-likeness (QED) is 0.684. The Balaban J connectivity index is 2.61. The van der Waals surface area contributed by atoms with Gasteiger partial charge in [0.2, 0.25) is 0 Å². The highest BCUT2D eigenvalue weighted by Crippen LogP contribution is 2.29. The average Bonchev–Trinajstić information content (AvgIpc) is 2.41. The Morgan fingerprint density at radius 1 is 1.20 bits per heavy atom. The number of benzene rings is 2. The predicted molar refractivity (Wildman–Crippen MR) is 84.5 cm³/mol. The summed E-state index contributed by atoms with van der Waals surface area (Å²) in [5.41, 5.74) is 9.33. The van der Waals surface area contributed by atoms with Crippen molar-refractivity contribution in [2.75, 3.05) is 12.8 Å². The Labute approximate surface area is 126 Å². The molecule has 0 fully saturated rings. The van der Waals surface area contributed by atoms with E-state index in [9.17, 15) is 4.79 Å². The smallest absolute Gasteiger partial charge is 0.199 e. The number of rotatable bonds is 3. The first-order chi connectivity index (χ1) is 9.45. The minimum atomic E-state index is -0.118. The molecule has 0 spiro atoms. The molecule has 0 aliphatic heterocycles. The predicted octanol–water partition coefficient (Wildman–Crippen LogP) is 3.89. The van der Waals surface area contributed by atoms with Crippen LogP contribution in [0.15, 0.2) is 34.8 Å². The average molecular weight is 334 g/mol. The van der Waals surface area contributed by atoms with Gasteiger partial charge >= 0.3 is 0 Å². The standard InChI is InChI=1S/C16H16BrNO2/c1-9-8-12(17)10(2)7-11(9)16(19)15-13(18)5-4-6-14(15)20-3/h4-8H,18H2,1-3H3. The maximum atomic E-state index is 12.8. The molecular formula is C16H16BrNO2. The molecule has 0 saturated carbocycles. The minimum Gasteiger partial charge on any atom is -0.496 e. The molecule has 0 bridgehead atoms. The number of hydrogen-bond donors (Lipinski definition) is 1. The lowest BCUT2D eigenvalue weighted by molar-refractivity contribution is 0.103. The first kappa shape index (κ1) is 14.6. The number of methoxy groups -OCH3 is 1. The lowest BCUT2D eigenvalue weighted by Crippen LogP contribution is -2.09. The Morgan fingerprint density at radius 3 is 2.55 bits per heavy atom. The van der Waals surface area contributed by atoms with E-state index in [1.807, 2.05) is 26.0 Å². The number of aryl methyl sites for hydroxylation is 2. The maximum Gasteiger partial charge on any atom is 0.199 e. The minimum absolute atomic E-state index is 0.118. The van der Waals surface area contributed by atoms with Crippen molar-refractivity contribution < 1.29 is 9.53 Å². The third-order valence-corrected chi connectivity index (χ3v) is 4.11. The molecule has 0 aliphatic carbocycles. The van der Waals surface area contributed by atoms with E-state index in [0.29, 0.717) is 22.6 Å². The van der Waals surface area contributed by atoms with Crippen LogP contribution in [0.5, 0.6) is 5.75 Å². The summed E-state index contributed by atoms with van der Waals surface area (Å²) >= 11 is 3.47. The van der Waals surface area contributed by atoms with E-state index in [1.54, 1.807) is 18.2 Å². The van der Waals surface area contributed by atoms with Crippen molar-refractivity contribution in [2.45, 2.75) is 13.8 Å². The summed E-state index contributed by atoms with van der Waals surface area (Å²) in [7, 11) is 1.53. The first-order valence-electron chi connectivity index (χ1n) is 6.19. The molecule has 0 radical (unpaired) electrons. The van der Waals surface area contributed by atoms with E-state index in [-0.39, 0.29) is 5.78 Å². The fourth-order valence-corrected chi connectivity index (χ4v) is 2.58. The molecule has 0 amide bonds. The van der Waals surface area contributed by atoms with Crippen molar-refractivity contribution in [1.29, 1.82) is 0 Å². The summed E-state index contributed by atoms with van der Waals surface area (Å²) in [6.45, 7) is 3.86. The van der Waals surface area contributed by atoms with Gasteiger partial charge in [0.1, 0.15) is 5.75 Å². The molecule has 0 heterocycles. The fourth-order valence-electron chi connectivity index (χ4n) is 2.12. The number of carbonyl (C=O) groups excluding carboxylic acids is 1. The summed E-state index contributed by atoms with van der Waals surface area (Å²) in [6.07, 6.45) is 0. The molecule has 0 aromatic heterocycles. The van der Waals surface area contributed by atoms with E-state index in [4.69, 9.17) is 10.5 Å². The van der Waals surface area contributed by atoms with E-state index in [2.05, 4.69) is 15.9 Å². The zero-order valence-corrected chi connectivity index (χ0v) is 13.2. The van der Waals surface area contributed by atoms with E-state index >= 15 is 0 Å². The van der Waals surface area contributed by atoms with Crippen LogP contribution in [-0.4, -0.2) is 12.9 Å². The normalized spacial score (nSPS) is 10.4. The van der Waals surface area contributed by atoms with Crippen LogP contribution in [0.4, 0.5) is 5.69 Å². The molecule has 0 unspecified atom stereocenters. The van der Waals surface area contributed by atoms with Gasteiger partial charge in [0.25, 0.3) is 0 Å². The largest absolute Gasteiger partial charge is 0.496 e. The van der Waals surface area contributed by atoms with Crippen LogP contribution >= 0.6 is 15.9 Å². The van der Waals surface area contributed by atoms with Crippen LogP contribution < -0.4 is 10.5 Å². The Bertz CT molecular complexity index is 680. The summed E-state index contributed by atoms with van der Waals surface area (Å²) in [5.74, 6) is 0.378. The molecule has 0 saturated heterocycles. The van der Waals surface area contributed by atoms with E-state index in [1.165, 1.54) is 7.11 Å². The first-order valence-corrected chi connectivity index (χ1v) is 6.99. The van der Waals surface area contributed by atoms with Gasteiger partial charge in [-0.2, -0.15) is 0 Å². The van der Waals surface area contributed by atoms with Gasteiger partial charge in [-0.1, -0.05) is 22.0 Å². The molecule has 2 aromatic carbocycles. The van der Waals surface area contributed by atoms with Gasteiger partial charge in [0.05, 0.1) is 12.7 Å². The third kappa shape index (κ3) is 2.56. The molecule has 3 nitrogen and oxygen atoms in total. The highest BCUT2D eigenvalue weighted by molar-refractivity contribution is 9.10. The monoisotopic (exact) mass is 333 g/mol. The van der Waals surface area contributed by atoms with Gasteiger partial charge in [0, 0.05) is 15.7 Å². The summed E-state index contributed by atoms with van der Waals surface area (Å²) in [6, 6.07) is 9.02. The van der Waals surface area contributed by atoms with Gasteiger partial charge in [-0.05, 0) is 49.2 Å². The van der Waals surface area contributed by atoms with Gasteiger partial charge in [0.15, 0.2) is 5.78 Å². The second-order valence-electron chi connectivity index (χ2n) is 4.67. The van der Waals surface area contributed by atoms with E-state index in [0.717, 1.165) is 15.6 Å². The summed E-state index contributed by atoms with van der Waals surface area (Å²) in [5, 5.41) is 0. The van der Waals surface area contributed by atoms with Gasteiger partial charge in [-0.3, -0.25) is 4.79 Å². The van der Waals surface area contributed by atoms with Crippen LogP contribution in [-0.2, 0) is 0 Å². The molecule has 104 valence electrons. The van der Waals surface area contributed by atoms with Gasteiger partial charge in [-0.15, -0.1) is 0 Å². The highest BCUT2D eigenvalue weighted by atomic mass is 79.9. The van der Waals surface area contributed by atoms with Crippen molar-refractivity contribution in [2.24, 2.45) is 0 Å². The van der Waals surface area contributed by atoms with Gasteiger partial charge in [-0.25, -0.2) is 0 Å². The number of carbonyl (C=O) groups is 1. The molecule has 20 heavy (non-hydrogen) atoms. The molecule has 2 N–H and O–H groups in total. The third-order valence-electron chi connectivity index (χ3n) is 3.26. The Kier molecular flexibility index (Phi) is 4.14. The molecule has 4 heteroatoms. The highest BCUT2D eigenvalue weighted by Gasteiger charge is 2.19. The van der Waals surface area contributed by atoms with Crippen LogP contribution in [0.2, 0.25) is 0 Å².